The third-order valence-electron chi connectivity index (χ3n) is 3.97. The van der Waals surface area contributed by atoms with Crippen LogP contribution in [0.25, 0.3) is 0 Å². The first-order chi connectivity index (χ1) is 13.0. The molecule has 3 heteroatoms. The summed E-state index contributed by atoms with van der Waals surface area (Å²) in [4.78, 5) is 0. The van der Waals surface area contributed by atoms with Crippen LogP contribution >= 0.6 is 0 Å². The molecule has 1 aromatic rings. The molecule has 2 radical (unpaired) electrons. The molecule has 158 valence electrons. The van der Waals surface area contributed by atoms with Crippen LogP contribution in [0, 0.1) is 11.5 Å². The van der Waals surface area contributed by atoms with Gasteiger partial charge in [-0.05, 0) is 34.1 Å². The average Bonchev–Trinajstić information content (AvgIpc) is 3.06. The zero-order valence-corrected chi connectivity index (χ0v) is 22.5. The predicted molar refractivity (Wildman–Crippen MR) is 127 cm³/mol. The van der Waals surface area contributed by atoms with Gasteiger partial charge in [0, 0.05) is 31.2 Å². The van der Waals surface area contributed by atoms with E-state index in [0.717, 1.165) is 27.3 Å². The summed E-state index contributed by atoms with van der Waals surface area (Å²) in [5.41, 5.74) is 3.82. The van der Waals surface area contributed by atoms with Crippen molar-refractivity contribution >= 4 is 9.52 Å². The van der Waals surface area contributed by atoms with Crippen molar-refractivity contribution in [2.75, 3.05) is 0 Å². The molecule has 1 aliphatic carbocycles. The number of benzene rings is 1. The maximum atomic E-state index is 5.79. The van der Waals surface area contributed by atoms with Gasteiger partial charge in [0.2, 0.25) is 0 Å². The second-order valence-electron chi connectivity index (χ2n) is 8.89. The summed E-state index contributed by atoms with van der Waals surface area (Å²) >= 11 is 0. The van der Waals surface area contributed by atoms with Gasteiger partial charge in [0.1, 0.15) is 5.75 Å². The van der Waals surface area contributed by atoms with Crippen LogP contribution in [0.3, 0.4) is 0 Å². The summed E-state index contributed by atoms with van der Waals surface area (Å²) in [6.07, 6.45) is 12.0. The third kappa shape index (κ3) is 13.7. The van der Waals surface area contributed by atoms with Crippen molar-refractivity contribution < 1.29 is 26.5 Å². The quantitative estimate of drug-likeness (QED) is 0.199. The molecule has 0 aliphatic heterocycles. The Balaban J connectivity index is 0. The Kier molecular flexibility index (Phi) is 15.4. The van der Waals surface area contributed by atoms with E-state index < -0.39 is 0 Å². The van der Waals surface area contributed by atoms with Crippen molar-refractivity contribution in [1.29, 1.82) is 0 Å². The molecule has 0 aromatic heterocycles. The minimum Gasteiger partial charge on any atom is -0.465 e. The molecule has 0 amide bonds. The molecule has 0 fully saturated rings. The second kappa shape index (κ2) is 14.8. The van der Waals surface area contributed by atoms with Gasteiger partial charge in [-0.2, -0.15) is 6.08 Å². The fourth-order valence-electron chi connectivity index (χ4n) is 2.21. The Morgan fingerprint density at radius 1 is 1.14 bits per heavy atom. The smallest absolute Gasteiger partial charge is 0.126 e. The fourth-order valence-corrected chi connectivity index (χ4v) is 2.21. The Labute approximate surface area is 198 Å². The van der Waals surface area contributed by atoms with Crippen LogP contribution in [0.15, 0.2) is 66.5 Å². The molecule has 2 rings (SSSR count). The van der Waals surface area contributed by atoms with E-state index in [4.69, 9.17) is 4.74 Å². The zero-order valence-electron chi connectivity index (χ0n) is 19.9. The summed E-state index contributed by atoms with van der Waals surface area (Å²) in [5, 5.41) is 0. The Hall–Kier alpha value is -1.09. The van der Waals surface area contributed by atoms with Gasteiger partial charge in [-0.3, -0.25) is 6.08 Å². The molecule has 1 aliphatic rings. The SMILES string of the molecule is C=CC(=COc1cccc(C(C)(C)C)c1)C(C)(C)C.CC1=[C-]CC=C1.C[Si]C.[Ti]. The first-order valence-corrected chi connectivity index (χ1v) is 11.9. The molecule has 0 spiro atoms. The van der Waals surface area contributed by atoms with E-state index in [0.29, 0.717) is 0 Å². The first-order valence-electron chi connectivity index (χ1n) is 9.88. The number of ether oxygens (including phenoxy) is 1. The Morgan fingerprint density at radius 2 is 1.72 bits per heavy atom. The molecular weight excluding hydrogens is 404 g/mol. The molecular formula is C26H39OSiTi-. The summed E-state index contributed by atoms with van der Waals surface area (Å²) in [5.74, 6) is 0.871. The predicted octanol–water partition coefficient (Wildman–Crippen LogP) is 7.96. The van der Waals surface area contributed by atoms with E-state index in [1.54, 1.807) is 6.26 Å². The van der Waals surface area contributed by atoms with Gasteiger partial charge in [0.25, 0.3) is 0 Å². The maximum absolute atomic E-state index is 5.79. The van der Waals surface area contributed by atoms with Gasteiger partial charge in [-0.15, -0.1) is 6.42 Å². The van der Waals surface area contributed by atoms with Crippen LogP contribution in [0.4, 0.5) is 0 Å². The van der Waals surface area contributed by atoms with Crippen LogP contribution in [0.1, 0.15) is 60.5 Å². The van der Waals surface area contributed by atoms with Crippen molar-refractivity contribution in [2.45, 2.75) is 73.4 Å². The van der Waals surface area contributed by atoms with Crippen molar-refractivity contribution in [3.63, 3.8) is 0 Å². The second-order valence-corrected chi connectivity index (χ2v) is 9.89. The van der Waals surface area contributed by atoms with Crippen LogP contribution in [-0.2, 0) is 27.1 Å². The van der Waals surface area contributed by atoms with E-state index in [1.165, 1.54) is 11.1 Å². The van der Waals surface area contributed by atoms with Gasteiger partial charge in [-0.1, -0.05) is 86.3 Å². The van der Waals surface area contributed by atoms with E-state index in [2.05, 4.69) is 98.5 Å². The molecule has 0 unspecified atom stereocenters. The van der Waals surface area contributed by atoms with E-state index in [1.807, 2.05) is 18.2 Å². The number of rotatable bonds is 3. The molecule has 0 atom stereocenters. The normalized spacial score (nSPS) is 13.1. The third-order valence-corrected chi connectivity index (χ3v) is 3.97. The molecule has 0 heterocycles. The summed E-state index contributed by atoms with van der Waals surface area (Å²) in [6, 6.07) is 8.25. The summed E-state index contributed by atoms with van der Waals surface area (Å²) in [6.45, 7) is 23.3. The van der Waals surface area contributed by atoms with Gasteiger partial charge in [0.15, 0.2) is 0 Å². The Bertz CT molecular complexity index is 683. The van der Waals surface area contributed by atoms with E-state index in [9.17, 15) is 0 Å². The minimum atomic E-state index is 0. The van der Waals surface area contributed by atoms with E-state index in [-0.39, 0.29) is 32.5 Å². The average molecular weight is 444 g/mol. The van der Waals surface area contributed by atoms with Crippen molar-refractivity contribution in [1.82, 2.24) is 0 Å². The number of hydrogen-bond donors (Lipinski definition) is 0. The summed E-state index contributed by atoms with van der Waals surface area (Å²) in [7, 11) is 1.08. The van der Waals surface area contributed by atoms with Gasteiger partial charge in [-0.25, -0.2) is 11.6 Å². The minimum absolute atomic E-state index is 0. The Morgan fingerprint density at radius 3 is 2.07 bits per heavy atom. The van der Waals surface area contributed by atoms with Gasteiger partial charge in [0.05, 0.1) is 6.26 Å². The zero-order chi connectivity index (χ0) is 21.8. The topological polar surface area (TPSA) is 9.23 Å². The largest absolute Gasteiger partial charge is 0.465 e. The monoisotopic (exact) mass is 443 g/mol. The number of allylic oxidation sites excluding steroid dienone is 6. The first kappa shape index (κ1) is 30.1. The standard InChI is InChI=1S/C18H26O.C6H7.C2H6Si.Ti/c1-8-14(17(2,3)4)13-19-16-11-9-10-15(12-16)18(5,6)7;1-6-4-2-3-5-6;1-3-2;/h8-13H,1H2,2-7H3;2,4H,3H2,1H3;1-2H3;/q;-1;;. The van der Waals surface area contributed by atoms with Crippen LogP contribution in [0.2, 0.25) is 13.1 Å². The molecule has 1 aromatic carbocycles. The van der Waals surface area contributed by atoms with Crippen molar-refractivity contribution in [2.24, 2.45) is 5.41 Å². The molecule has 0 N–H and O–H groups in total. The molecule has 0 saturated heterocycles. The molecule has 0 saturated carbocycles. The molecule has 0 bridgehead atoms. The fraction of sp³-hybridized carbons (Fsp3) is 0.462. The van der Waals surface area contributed by atoms with Crippen LogP contribution in [-0.4, -0.2) is 9.52 Å². The van der Waals surface area contributed by atoms with Gasteiger partial charge >= 0.3 is 0 Å². The maximum Gasteiger partial charge on any atom is 0.126 e. The van der Waals surface area contributed by atoms with Crippen molar-refractivity contribution in [3.05, 3.63) is 78.1 Å². The molecule has 29 heavy (non-hydrogen) atoms. The van der Waals surface area contributed by atoms with Crippen LogP contribution in [0.5, 0.6) is 5.75 Å². The summed E-state index contributed by atoms with van der Waals surface area (Å²) < 4.78 is 5.79. The van der Waals surface area contributed by atoms with Crippen LogP contribution < -0.4 is 4.74 Å². The molecule has 1 nitrogen and oxygen atoms in total. The number of hydrogen-bond acceptors (Lipinski definition) is 1. The van der Waals surface area contributed by atoms with Gasteiger partial charge < -0.3 is 4.74 Å². The van der Waals surface area contributed by atoms with E-state index >= 15 is 0 Å². The van der Waals surface area contributed by atoms with Crippen molar-refractivity contribution in [3.8, 4) is 5.75 Å².